The van der Waals surface area contributed by atoms with Gasteiger partial charge in [0.1, 0.15) is 17.1 Å². The fourth-order valence-corrected chi connectivity index (χ4v) is 1.98. The van der Waals surface area contributed by atoms with Crippen molar-refractivity contribution in [2.24, 2.45) is 0 Å². The molecule has 1 N–H and O–H groups in total. The highest BCUT2D eigenvalue weighted by atomic mass is 19.1. The molecule has 1 aromatic carbocycles. The van der Waals surface area contributed by atoms with E-state index >= 15 is 0 Å². The fraction of sp³-hybridized carbons (Fsp3) is 0.143. The first-order valence-corrected chi connectivity index (χ1v) is 5.64. The van der Waals surface area contributed by atoms with Gasteiger partial charge in [-0.1, -0.05) is 6.07 Å². The Kier molecular flexibility index (Phi) is 3.21. The number of aromatic hydroxyl groups is 1. The van der Waals surface area contributed by atoms with Crippen molar-refractivity contribution in [3.05, 3.63) is 57.8 Å². The van der Waals surface area contributed by atoms with Crippen LogP contribution >= 0.6 is 0 Å². The van der Waals surface area contributed by atoms with Crippen LogP contribution in [0, 0.1) is 12.7 Å². The van der Waals surface area contributed by atoms with E-state index in [0.29, 0.717) is 11.4 Å². The maximum Gasteiger partial charge on any atom is 0.269 e. The van der Waals surface area contributed by atoms with Crippen molar-refractivity contribution < 1.29 is 14.3 Å². The summed E-state index contributed by atoms with van der Waals surface area (Å²) in [6.07, 6.45) is 0. The van der Waals surface area contributed by atoms with E-state index in [1.54, 1.807) is 13.0 Å². The average Bonchev–Trinajstić information content (AvgIpc) is 2.27. The number of aryl methyl sites for hydroxylation is 1. The van der Waals surface area contributed by atoms with Crippen LogP contribution in [0.1, 0.15) is 23.0 Å². The quantitative estimate of drug-likeness (QED) is 0.843. The summed E-state index contributed by atoms with van der Waals surface area (Å²) in [6.45, 7) is 2.79. The lowest BCUT2D eigenvalue weighted by atomic mass is 10.1. The molecule has 19 heavy (non-hydrogen) atoms. The summed E-state index contributed by atoms with van der Waals surface area (Å²) < 4.78 is 14.4. The monoisotopic (exact) mass is 261 g/mol. The number of carbonyl (C=O) groups excluding carboxylic acids is 1. The normalized spacial score (nSPS) is 10.5. The van der Waals surface area contributed by atoms with Crippen LogP contribution in [0.4, 0.5) is 4.39 Å². The van der Waals surface area contributed by atoms with Gasteiger partial charge in [0.2, 0.25) is 0 Å². The molecule has 0 fully saturated rings. The van der Waals surface area contributed by atoms with Gasteiger partial charge in [0.25, 0.3) is 5.56 Å². The number of carbonyl (C=O) groups is 1. The van der Waals surface area contributed by atoms with Crippen molar-refractivity contribution in [1.82, 2.24) is 4.57 Å². The molecule has 0 radical (unpaired) electrons. The molecule has 0 aliphatic rings. The lowest BCUT2D eigenvalue weighted by Gasteiger charge is -2.12. The van der Waals surface area contributed by atoms with Gasteiger partial charge in [-0.15, -0.1) is 0 Å². The lowest BCUT2D eigenvalue weighted by Crippen LogP contribution is -2.26. The van der Waals surface area contributed by atoms with Gasteiger partial charge in [-0.2, -0.15) is 0 Å². The van der Waals surface area contributed by atoms with E-state index in [4.69, 9.17) is 0 Å². The molecule has 2 aromatic rings. The van der Waals surface area contributed by atoms with Gasteiger partial charge in [0.15, 0.2) is 5.78 Å². The number of hydrogen-bond acceptors (Lipinski definition) is 3. The van der Waals surface area contributed by atoms with Gasteiger partial charge < -0.3 is 5.11 Å². The Labute approximate surface area is 108 Å². The van der Waals surface area contributed by atoms with Gasteiger partial charge in [0.05, 0.1) is 5.69 Å². The fourth-order valence-electron chi connectivity index (χ4n) is 1.98. The Morgan fingerprint density at radius 1 is 1.32 bits per heavy atom. The summed E-state index contributed by atoms with van der Waals surface area (Å²) in [4.78, 5) is 23.6. The Hall–Kier alpha value is -2.43. The van der Waals surface area contributed by atoms with Crippen LogP contribution in [0.25, 0.3) is 5.69 Å². The second-order valence-electron chi connectivity index (χ2n) is 4.22. The molecule has 0 aliphatic carbocycles. The highest BCUT2D eigenvalue weighted by molar-refractivity contribution is 5.96. The molecule has 0 spiro atoms. The minimum Gasteiger partial charge on any atom is -0.507 e. The Morgan fingerprint density at radius 3 is 2.58 bits per heavy atom. The molecule has 1 aromatic heterocycles. The second-order valence-corrected chi connectivity index (χ2v) is 4.22. The van der Waals surface area contributed by atoms with Crippen LogP contribution in [-0.2, 0) is 0 Å². The Morgan fingerprint density at radius 2 is 2.00 bits per heavy atom. The molecule has 0 aliphatic heterocycles. The van der Waals surface area contributed by atoms with Gasteiger partial charge in [-0.05, 0) is 32.0 Å². The topological polar surface area (TPSA) is 59.3 Å². The van der Waals surface area contributed by atoms with E-state index in [1.165, 1.54) is 35.8 Å². The number of rotatable bonds is 2. The molecule has 4 nitrogen and oxygen atoms in total. The number of benzene rings is 1. The molecule has 0 saturated heterocycles. The van der Waals surface area contributed by atoms with Crippen LogP contribution in [0.3, 0.4) is 0 Å². The third-order valence-electron chi connectivity index (χ3n) is 2.79. The number of Topliss-reactive ketones (excluding diaryl/α,β-unsaturated/α-hetero) is 1. The van der Waals surface area contributed by atoms with Crippen molar-refractivity contribution in [2.45, 2.75) is 13.8 Å². The highest BCUT2D eigenvalue weighted by Gasteiger charge is 2.17. The summed E-state index contributed by atoms with van der Waals surface area (Å²) >= 11 is 0. The van der Waals surface area contributed by atoms with E-state index in [1.807, 2.05) is 0 Å². The minimum absolute atomic E-state index is 0.296. The van der Waals surface area contributed by atoms with Crippen LogP contribution in [0.15, 0.2) is 35.1 Å². The summed E-state index contributed by atoms with van der Waals surface area (Å²) in [5, 5.41) is 9.66. The van der Waals surface area contributed by atoms with Crippen LogP contribution in [0.5, 0.6) is 5.75 Å². The lowest BCUT2D eigenvalue weighted by molar-refractivity contribution is 0.101. The van der Waals surface area contributed by atoms with Gasteiger partial charge >= 0.3 is 0 Å². The smallest absolute Gasteiger partial charge is 0.269 e. The van der Waals surface area contributed by atoms with E-state index in [-0.39, 0.29) is 11.3 Å². The Balaban J connectivity index is 2.81. The summed E-state index contributed by atoms with van der Waals surface area (Å²) in [6, 6.07) is 6.78. The van der Waals surface area contributed by atoms with Crippen molar-refractivity contribution in [3.63, 3.8) is 0 Å². The van der Waals surface area contributed by atoms with Gasteiger partial charge in [-0.3, -0.25) is 14.2 Å². The number of nitrogens with zero attached hydrogens (tertiary/aromatic N) is 1. The maximum atomic E-state index is 13.2. The van der Waals surface area contributed by atoms with Crippen molar-refractivity contribution in [2.75, 3.05) is 0 Å². The molecule has 0 amide bonds. The SMILES string of the molecule is CC(=O)c1c(O)cc(C)n(-c2cccc(F)c2)c1=O. The summed E-state index contributed by atoms with van der Waals surface area (Å²) in [7, 11) is 0. The van der Waals surface area contributed by atoms with Gasteiger partial charge in [-0.25, -0.2) is 4.39 Å². The van der Waals surface area contributed by atoms with Crippen molar-refractivity contribution >= 4 is 5.78 Å². The highest BCUT2D eigenvalue weighted by Crippen LogP contribution is 2.18. The molecular formula is C14H12FNO3. The van der Waals surface area contributed by atoms with Crippen molar-refractivity contribution in [3.8, 4) is 11.4 Å². The predicted octanol–water partition coefficient (Wildman–Crippen LogP) is 2.19. The number of ketones is 1. The largest absolute Gasteiger partial charge is 0.507 e. The number of pyridine rings is 1. The Bertz CT molecular complexity index is 719. The molecule has 0 bridgehead atoms. The zero-order valence-electron chi connectivity index (χ0n) is 10.5. The zero-order chi connectivity index (χ0) is 14.2. The van der Waals surface area contributed by atoms with Gasteiger partial charge in [0, 0.05) is 11.8 Å². The van der Waals surface area contributed by atoms with Crippen LogP contribution in [0.2, 0.25) is 0 Å². The number of halogens is 1. The van der Waals surface area contributed by atoms with E-state index in [2.05, 4.69) is 0 Å². The van der Waals surface area contributed by atoms with E-state index < -0.39 is 17.2 Å². The van der Waals surface area contributed by atoms with E-state index in [9.17, 15) is 19.1 Å². The molecule has 0 atom stereocenters. The average molecular weight is 261 g/mol. The molecule has 1 heterocycles. The first-order valence-electron chi connectivity index (χ1n) is 5.64. The maximum absolute atomic E-state index is 13.2. The first-order chi connectivity index (χ1) is 8.91. The van der Waals surface area contributed by atoms with Crippen molar-refractivity contribution in [1.29, 1.82) is 0 Å². The summed E-state index contributed by atoms with van der Waals surface area (Å²) in [5.74, 6) is -1.38. The molecule has 0 saturated carbocycles. The number of hydrogen-bond donors (Lipinski definition) is 1. The number of aromatic nitrogens is 1. The third-order valence-corrected chi connectivity index (χ3v) is 2.79. The standard InChI is InChI=1S/C14H12FNO3/c1-8-6-12(18)13(9(2)17)14(19)16(8)11-5-3-4-10(15)7-11/h3-7,18H,1-2H3. The first kappa shape index (κ1) is 13.0. The third kappa shape index (κ3) is 2.27. The van der Waals surface area contributed by atoms with E-state index in [0.717, 1.165) is 0 Å². The second kappa shape index (κ2) is 4.68. The summed E-state index contributed by atoms with van der Waals surface area (Å²) in [5.41, 5.74) is -0.228. The molecule has 2 rings (SSSR count). The van der Waals surface area contributed by atoms with Crippen LogP contribution < -0.4 is 5.56 Å². The molecule has 98 valence electrons. The van der Waals surface area contributed by atoms with Crippen LogP contribution in [-0.4, -0.2) is 15.5 Å². The molecule has 0 unspecified atom stereocenters. The molecule has 5 heteroatoms. The predicted molar refractivity (Wildman–Crippen MR) is 68.4 cm³/mol. The zero-order valence-corrected chi connectivity index (χ0v) is 10.5. The molecular weight excluding hydrogens is 249 g/mol. The minimum atomic E-state index is -0.657.